The number of anilines is 1. The van der Waals surface area contributed by atoms with E-state index in [1.165, 1.54) is 6.39 Å². The molecule has 7 heteroatoms. The normalized spacial score (nSPS) is 11.4. The van der Waals surface area contributed by atoms with Crippen molar-refractivity contribution in [1.82, 2.24) is 10.2 Å². The smallest absolute Gasteiger partial charge is 0.218 e. The quantitative estimate of drug-likeness (QED) is 0.887. The highest BCUT2D eigenvalue weighted by Gasteiger charge is 2.07. The first-order valence-electron chi connectivity index (χ1n) is 7.24. The van der Waals surface area contributed by atoms with Crippen LogP contribution in [-0.2, 0) is 0 Å². The average molecular weight is 337 g/mol. The van der Waals surface area contributed by atoms with Gasteiger partial charge >= 0.3 is 0 Å². The molecule has 0 fully saturated rings. The van der Waals surface area contributed by atoms with Crippen LogP contribution in [0, 0.1) is 18.3 Å². The molecule has 2 rings (SSSR count). The Labute approximate surface area is 141 Å². The summed E-state index contributed by atoms with van der Waals surface area (Å²) in [4.78, 5) is 0. The summed E-state index contributed by atoms with van der Waals surface area (Å²) in [5, 5.41) is 28.6. The van der Waals surface area contributed by atoms with E-state index in [1.807, 2.05) is 26.8 Å². The summed E-state index contributed by atoms with van der Waals surface area (Å²) in [7, 11) is 0. The van der Waals surface area contributed by atoms with Crippen molar-refractivity contribution in [2.75, 3.05) is 11.9 Å². The Morgan fingerprint density at radius 1 is 1.39 bits per heavy atom. The van der Waals surface area contributed by atoms with Crippen molar-refractivity contribution in [3.05, 3.63) is 40.6 Å². The maximum absolute atomic E-state index is 9.13. The van der Waals surface area contributed by atoms with E-state index in [4.69, 9.17) is 26.4 Å². The molecule has 0 radical (unpaired) electrons. The molecule has 0 aliphatic carbocycles. The summed E-state index contributed by atoms with van der Waals surface area (Å²) in [5.74, 6) is 1.04. The van der Waals surface area contributed by atoms with Crippen LogP contribution in [0.2, 0.25) is 5.02 Å². The molecule has 0 aliphatic heterocycles. The minimum atomic E-state index is -0.418. The molecule has 0 amide bonds. The molecule has 0 bridgehead atoms. The van der Waals surface area contributed by atoms with Crippen LogP contribution < -0.4 is 5.32 Å². The Balaban J connectivity index is 0.000000277. The van der Waals surface area contributed by atoms with Crippen LogP contribution in [0.5, 0.6) is 0 Å². The van der Waals surface area contributed by atoms with E-state index in [0.29, 0.717) is 28.9 Å². The lowest BCUT2D eigenvalue weighted by atomic mass is 10.1. The Hall–Kier alpha value is -2.10. The van der Waals surface area contributed by atoms with Crippen LogP contribution in [0.4, 0.5) is 5.69 Å². The number of aromatic nitrogens is 2. The van der Waals surface area contributed by atoms with Gasteiger partial charge in [0, 0.05) is 18.2 Å². The lowest BCUT2D eigenvalue weighted by molar-refractivity contribution is 0.208. The first-order chi connectivity index (χ1) is 10.9. The molecule has 0 saturated carbocycles. The fourth-order valence-electron chi connectivity index (χ4n) is 1.65. The van der Waals surface area contributed by atoms with Gasteiger partial charge in [-0.25, -0.2) is 0 Å². The van der Waals surface area contributed by atoms with Crippen LogP contribution in [0.1, 0.15) is 43.7 Å². The number of rotatable bonds is 4. The highest BCUT2D eigenvalue weighted by molar-refractivity contribution is 6.32. The summed E-state index contributed by atoms with van der Waals surface area (Å²) in [6.07, 6.45) is 0.925. The van der Waals surface area contributed by atoms with Gasteiger partial charge in [-0.1, -0.05) is 25.4 Å². The molecule has 1 aromatic heterocycles. The molecule has 124 valence electrons. The topological polar surface area (TPSA) is 95.0 Å². The maximum atomic E-state index is 9.13. The molecular formula is C16H21ClN4O2. The van der Waals surface area contributed by atoms with E-state index in [2.05, 4.69) is 15.5 Å². The van der Waals surface area contributed by atoms with Crippen LogP contribution >= 0.6 is 11.6 Å². The van der Waals surface area contributed by atoms with Crippen LogP contribution in [0.25, 0.3) is 0 Å². The molecule has 1 atom stereocenters. The molecule has 0 spiro atoms. The minimum Gasteiger partial charge on any atom is -0.428 e. The molecule has 2 N–H and O–H groups in total. The van der Waals surface area contributed by atoms with Crippen molar-refractivity contribution in [2.24, 2.45) is 0 Å². The fraction of sp³-hybridized carbons (Fsp3) is 0.438. The zero-order chi connectivity index (χ0) is 17.4. The van der Waals surface area contributed by atoms with Gasteiger partial charge in [0.1, 0.15) is 6.07 Å². The van der Waals surface area contributed by atoms with Gasteiger partial charge < -0.3 is 14.8 Å². The molecule has 0 saturated heterocycles. The molecule has 1 heterocycles. The van der Waals surface area contributed by atoms with Crippen LogP contribution in [-0.4, -0.2) is 28.0 Å². The molecule has 6 nitrogen and oxygen atoms in total. The number of halogens is 1. The standard InChI is InChI=1S/C11H13ClN2O.C5H8N2O/c1-7(15)6-14-10-4-3-9(5-13)11(12)8(10)2;1-4(2)5-7-6-3-8-5/h3-4,7,14-15H,6H2,1-2H3;3-4H,1-2H3. The summed E-state index contributed by atoms with van der Waals surface area (Å²) in [6.45, 7) is 8.02. The number of hydrogen-bond acceptors (Lipinski definition) is 6. The predicted octanol–water partition coefficient (Wildman–Crippen LogP) is 3.51. The van der Waals surface area contributed by atoms with Crippen molar-refractivity contribution in [3.63, 3.8) is 0 Å². The third kappa shape index (κ3) is 5.89. The maximum Gasteiger partial charge on any atom is 0.218 e. The Kier molecular flexibility index (Phi) is 7.52. The van der Waals surface area contributed by atoms with Gasteiger partial charge in [0.15, 0.2) is 0 Å². The SMILES string of the molecule is CC(C)c1nnco1.Cc1c(NCC(C)O)ccc(C#N)c1Cl. The van der Waals surface area contributed by atoms with E-state index in [1.54, 1.807) is 19.1 Å². The summed E-state index contributed by atoms with van der Waals surface area (Å²) < 4.78 is 4.87. The largest absolute Gasteiger partial charge is 0.428 e. The van der Waals surface area contributed by atoms with Gasteiger partial charge in [0.05, 0.1) is 16.7 Å². The van der Waals surface area contributed by atoms with E-state index in [0.717, 1.165) is 11.3 Å². The second kappa shape index (κ2) is 9.13. The molecule has 23 heavy (non-hydrogen) atoms. The molecule has 0 aliphatic rings. The number of nitrogens with one attached hydrogen (secondary N) is 1. The highest BCUT2D eigenvalue weighted by Crippen LogP contribution is 2.26. The summed E-state index contributed by atoms with van der Waals surface area (Å²) >= 11 is 5.99. The Morgan fingerprint density at radius 2 is 2.09 bits per heavy atom. The zero-order valence-electron chi connectivity index (χ0n) is 13.7. The van der Waals surface area contributed by atoms with Crippen LogP contribution in [0.3, 0.4) is 0 Å². The van der Waals surface area contributed by atoms with Crippen molar-refractivity contribution >= 4 is 17.3 Å². The average Bonchev–Trinajstić information content (AvgIpc) is 3.04. The van der Waals surface area contributed by atoms with E-state index in [-0.39, 0.29) is 0 Å². The summed E-state index contributed by atoms with van der Waals surface area (Å²) in [6, 6.07) is 5.48. The van der Waals surface area contributed by atoms with Crippen molar-refractivity contribution in [2.45, 2.75) is 39.7 Å². The molecule has 2 aromatic rings. The highest BCUT2D eigenvalue weighted by atomic mass is 35.5. The van der Waals surface area contributed by atoms with Crippen LogP contribution in [0.15, 0.2) is 22.9 Å². The van der Waals surface area contributed by atoms with E-state index in [9.17, 15) is 0 Å². The van der Waals surface area contributed by atoms with E-state index >= 15 is 0 Å². The summed E-state index contributed by atoms with van der Waals surface area (Å²) in [5.41, 5.74) is 2.15. The number of benzene rings is 1. The Morgan fingerprint density at radius 3 is 2.52 bits per heavy atom. The Bertz CT molecular complexity index is 649. The number of nitrogens with zero attached hydrogens (tertiary/aromatic N) is 3. The number of aliphatic hydroxyl groups excluding tert-OH is 1. The van der Waals surface area contributed by atoms with Gasteiger partial charge in [-0.3, -0.25) is 0 Å². The number of aliphatic hydroxyl groups is 1. The fourth-order valence-corrected chi connectivity index (χ4v) is 1.86. The first kappa shape index (κ1) is 18.9. The zero-order valence-corrected chi connectivity index (χ0v) is 14.4. The number of nitriles is 1. The van der Waals surface area contributed by atoms with Crippen molar-refractivity contribution in [1.29, 1.82) is 5.26 Å². The molecule has 1 aromatic carbocycles. The van der Waals surface area contributed by atoms with Gasteiger partial charge in [-0.15, -0.1) is 10.2 Å². The third-order valence-electron chi connectivity index (χ3n) is 2.97. The van der Waals surface area contributed by atoms with Crippen molar-refractivity contribution < 1.29 is 9.52 Å². The van der Waals surface area contributed by atoms with Gasteiger partial charge in [-0.05, 0) is 31.5 Å². The second-order valence-corrected chi connectivity index (χ2v) is 5.75. The molecular weight excluding hydrogens is 316 g/mol. The van der Waals surface area contributed by atoms with Gasteiger partial charge in [-0.2, -0.15) is 5.26 Å². The molecule has 1 unspecified atom stereocenters. The van der Waals surface area contributed by atoms with E-state index < -0.39 is 6.10 Å². The first-order valence-corrected chi connectivity index (χ1v) is 7.61. The van der Waals surface area contributed by atoms with Crippen molar-refractivity contribution in [3.8, 4) is 6.07 Å². The van der Waals surface area contributed by atoms with Gasteiger partial charge in [0.25, 0.3) is 0 Å². The monoisotopic (exact) mass is 336 g/mol. The van der Waals surface area contributed by atoms with Gasteiger partial charge in [0.2, 0.25) is 12.3 Å². The second-order valence-electron chi connectivity index (χ2n) is 5.37. The predicted molar refractivity (Wildman–Crippen MR) is 89.5 cm³/mol. The number of hydrogen-bond donors (Lipinski definition) is 2. The lowest BCUT2D eigenvalue weighted by Gasteiger charge is -2.12. The lowest BCUT2D eigenvalue weighted by Crippen LogP contribution is -2.15. The third-order valence-corrected chi connectivity index (χ3v) is 3.45. The minimum absolute atomic E-state index is 0.345.